The molecule has 0 bridgehead atoms. The van der Waals surface area contributed by atoms with Gasteiger partial charge < -0.3 is 4.18 Å². The number of aldehydes is 1. The lowest BCUT2D eigenvalue weighted by Gasteiger charge is -2.13. The number of carbonyl (C=O) groups is 1. The molecule has 0 radical (unpaired) electrons. The molecule has 8 heteroatoms. The largest absolute Gasteiger partial charge is 0.534 e. The Kier molecular flexibility index (Phi) is 4.23. The van der Waals surface area contributed by atoms with Crippen molar-refractivity contribution in [2.45, 2.75) is 5.51 Å². The highest BCUT2D eigenvalue weighted by Crippen LogP contribution is 2.34. The van der Waals surface area contributed by atoms with Crippen LogP contribution in [-0.2, 0) is 10.1 Å². The van der Waals surface area contributed by atoms with Crippen molar-refractivity contribution in [3.8, 4) is 16.9 Å². The third-order valence-electron chi connectivity index (χ3n) is 2.71. The summed E-state index contributed by atoms with van der Waals surface area (Å²) in [4.78, 5) is 10.7. The maximum absolute atomic E-state index is 12.5. The van der Waals surface area contributed by atoms with Crippen molar-refractivity contribution in [1.82, 2.24) is 0 Å². The van der Waals surface area contributed by atoms with Crippen molar-refractivity contribution in [2.75, 3.05) is 0 Å². The lowest BCUT2D eigenvalue weighted by Crippen LogP contribution is -2.28. The summed E-state index contributed by atoms with van der Waals surface area (Å²) >= 11 is 0. The molecule has 0 aromatic heterocycles. The second-order valence-corrected chi connectivity index (χ2v) is 5.76. The first-order chi connectivity index (χ1) is 10.2. The summed E-state index contributed by atoms with van der Waals surface area (Å²) in [5, 5.41) is 0. The number of carbonyl (C=O) groups excluding carboxylic acids is 1. The third-order valence-corrected chi connectivity index (χ3v) is 3.68. The van der Waals surface area contributed by atoms with Crippen LogP contribution in [0, 0.1) is 0 Å². The van der Waals surface area contributed by atoms with Crippen molar-refractivity contribution in [1.29, 1.82) is 0 Å². The van der Waals surface area contributed by atoms with Crippen molar-refractivity contribution in [2.24, 2.45) is 0 Å². The summed E-state index contributed by atoms with van der Waals surface area (Å²) in [7, 11) is -5.82. The lowest BCUT2D eigenvalue weighted by atomic mass is 10.0. The molecule has 22 heavy (non-hydrogen) atoms. The first-order valence-corrected chi connectivity index (χ1v) is 7.31. The van der Waals surface area contributed by atoms with Crippen LogP contribution in [0.1, 0.15) is 10.4 Å². The van der Waals surface area contributed by atoms with Crippen LogP contribution in [0.2, 0.25) is 0 Å². The fraction of sp³-hybridized carbons (Fsp3) is 0.0714. The summed E-state index contributed by atoms with van der Waals surface area (Å²) in [6, 6.07) is 11.7. The molecule has 2 aromatic rings. The molecule has 0 atom stereocenters. The molecule has 0 heterocycles. The summed E-state index contributed by atoms with van der Waals surface area (Å²) in [5.41, 5.74) is -4.99. The third kappa shape index (κ3) is 3.28. The molecule has 4 nitrogen and oxygen atoms in total. The first kappa shape index (κ1) is 16.0. The van der Waals surface area contributed by atoms with Crippen LogP contribution in [-0.4, -0.2) is 20.2 Å². The number of benzene rings is 2. The summed E-state index contributed by atoms with van der Waals surface area (Å²) in [6.45, 7) is 0. The number of hydrogen-bond donors (Lipinski definition) is 0. The second-order valence-electron chi connectivity index (χ2n) is 4.22. The van der Waals surface area contributed by atoms with Gasteiger partial charge >= 0.3 is 15.6 Å². The molecular weight excluding hydrogens is 321 g/mol. The number of halogens is 3. The highest BCUT2D eigenvalue weighted by atomic mass is 32.2. The topological polar surface area (TPSA) is 60.4 Å². The molecule has 0 fully saturated rings. The van der Waals surface area contributed by atoms with E-state index in [1.54, 1.807) is 30.3 Å². The zero-order valence-electron chi connectivity index (χ0n) is 10.9. The van der Waals surface area contributed by atoms with E-state index in [-0.39, 0.29) is 11.1 Å². The van der Waals surface area contributed by atoms with E-state index in [0.717, 1.165) is 6.07 Å². The van der Waals surface area contributed by atoms with Gasteiger partial charge in [0.1, 0.15) is 6.29 Å². The molecular formula is C14H9F3O4S. The van der Waals surface area contributed by atoms with Gasteiger partial charge in [0.25, 0.3) is 0 Å². The van der Waals surface area contributed by atoms with Gasteiger partial charge in [0.2, 0.25) is 0 Å². The molecule has 0 spiro atoms. The molecule has 0 aliphatic rings. The standard InChI is InChI=1S/C14H9F3O4S/c15-14(16,17)22(19,20)21-13-8-10(9-18)6-7-12(13)11-4-2-1-3-5-11/h1-9H. The predicted molar refractivity (Wildman–Crippen MR) is 72.9 cm³/mol. The first-order valence-electron chi connectivity index (χ1n) is 5.90. The minimum Gasteiger partial charge on any atom is -0.375 e. The van der Waals surface area contributed by atoms with Gasteiger partial charge in [-0.2, -0.15) is 21.6 Å². The van der Waals surface area contributed by atoms with Crippen LogP contribution in [0.3, 0.4) is 0 Å². The van der Waals surface area contributed by atoms with Crippen LogP contribution < -0.4 is 4.18 Å². The van der Waals surface area contributed by atoms with Crippen LogP contribution in [0.4, 0.5) is 13.2 Å². The van der Waals surface area contributed by atoms with Crippen LogP contribution >= 0.6 is 0 Å². The smallest absolute Gasteiger partial charge is 0.375 e. The van der Waals surface area contributed by atoms with Gasteiger partial charge in [-0.3, -0.25) is 4.79 Å². The van der Waals surface area contributed by atoms with E-state index in [4.69, 9.17) is 0 Å². The van der Waals surface area contributed by atoms with E-state index in [9.17, 15) is 26.4 Å². The van der Waals surface area contributed by atoms with Gasteiger partial charge in [-0.15, -0.1) is 0 Å². The summed E-state index contributed by atoms with van der Waals surface area (Å²) in [5.74, 6) is -0.562. The molecule has 0 saturated carbocycles. The van der Waals surface area contributed by atoms with E-state index in [0.29, 0.717) is 11.8 Å². The molecule has 0 saturated heterocycles. The SMILES string of the molecule is O=Cc1ccc(-c2ccccc2)c(OS(=O)(=O)C(F)(F)F)c1. The van der Waals surface area contributed by atoms with Crippen LogP contribution in [0.5, 0.6) is 5.75 Å². The highest BCUT2D eigenvalue weighted by Gasteiger charge is 2.48. The molecule has 2 rings (SSSR count). The summed E-state index contributed by atoms with van der Waals surface area (Å²) in [6.07, 6.45) is 0.377. The van der Waals surface area contributed by atoms with Gasteiger partial charge in [-0.1, -0.05) is 36.4 Å². The average Bonchev–Trinajstić information content (AvgIpc) is 2.46. The van der Waals surface area contributed by atoms with Crippen molar-refractivity contribution < 1.29 is 30.6 Å². The van der Waals surface area contributed by atoms with Crippen LogP contribution in [0.25, 0.3) is 11.1 Å². The van der Waals surface area contributed by atoms with Crippen molar-refractivity contribution in [3.63, 3.8) is 0 Å². The van der Waals surface area contributed by atoms with Gasteiger partial charge in [-0.05, 0) is 17.7 Å². The normalized spacial score (nSPS) is 12.0. The Morgan fingerprint density at radius 1 is 1.00 bits per heavy atom. The van der Waals surface area contributed by atoms with Crippen molar-refractivity contribution >= 4 is 16.4 Å². The van der Waals surface area contributed by atoms with Gasteiger partial charge in [0, 0.05) is 11.1 Å². The summed E-state index contributed by atoms with van der Waals surface area (Å²) < 4.78 is 63.9. The fourth-order valence-corrected chi connectivity index (χ4v) is 2.17. The lowest BCUT2D eigenvalue weighted by molar-refractivity contribution is -0.0499. The fourth-order valence-electron chi connectivity index (χ4n) is 1.70. The maximum atomic E-state index is 12.5. The van der Waals surface area contributed by atoms with E-state index in [1.807, 2.05) is 0 Å². The van der Waals surface area contributed by atoms with E-state index >= 15 is 0 Å². The number of hydrogen-bond acceptors (Lipinski definition) is 4. The Morgan fingerprint density at radius 2 is 1.64 bits per heavy atom. The van der Waals surface area contributed by atoms with Crippen LogP contribution in [0.15, 0.2) is 48.5 Å². The van der Waals surface area contributed by atoms with Gasteiger partial charge in [-0.25, -0.2) is 0 Å². The number of rotatable bonds is 4. The Bertz CT molecular complexity index is 783. The predicted octanol–water partition coefficient (Wildman–Crippen LogP) is 3.39. The Labute approximate surface area is 124 Å². The molecule has 0 unspecified atom stereocenters. The van der Waals surface area contributed by atoms with E-state index < -0.39 is 21.4 Å². The highest BCUT2D eigenvalue weighted by molar-refractivity contribution is 7.88. The van der Waals surface area contributed by atoms with E-state index in [2.05, 4.69) is 4.18 Å². The minimum atomic E-state index is -5.82. The Balaban J connectivity index is 2.56. The molecule has 0 aliphatic carbocycles. The van der Waals surface area contributed by atoms with Gasteiger partial charge in [0.15, 0.2) is 5.75 Å². The molecule has 0 amide bonds. The minimum absolute atomic E-state index is 0.00736. The second kappa shape index (κ2) is 5.80. The van der Waals surface area contributed by atoms with Gasteiger partial charge in [0.05, 0.1) is 0 Å². The molecule has 0 aliphatic heterocycles. The Hall–Kier alpha value is -2.35. The van der Waals surface area contributed by atoms with E-state index in [1.165, 1.54) is 12.1 Å². The zero-order valence-corrected chi connectivity index (χ0v) is 11.7. The molecule has 0 N–H and O–H groups in total. The molecule has 116 valence electrons. The maximum Gasteiger partial charge on any atom is 0.534 e. The quantitative estimate of drug-likeness (QED) is 0.490. The monoisotopic (exact) mass is 330 g/mol. The number of alkyl halides is 3. The zero-order chi connectivity index (χ0) is 16.4. The Morgan fingerprint density at radius 3 is 2.18 bits per heavy atom. The van der Waals surface area contributed by atoms with Crippen molar-refractivity contribution in [3.05, 3.63) is 54.1 Å². The molecule has 2 aromatic carbocycles. The average molecular weight is 330 g/mol.